The summed E-state index contributed by atoms with van der Waals surface area (Å²) >= 11 is 0. The highest BCUT2D eigenvalue weighted by molar-refractivity contribution is 5.82. The average Bonchev–Trinajstić information content (AvgIpc) is 2.46. The van der Waals surface area contributed by atoms with E-state index in [-0.39, 0.29) is 17.9 Å². The summed E-state index contributed by atoms with van der Waals surface area (Å²) in [5.41, 5.74) is 0. The first-order chi connectivity index (χ1) is 9.20. The summed E-state index contributed by atoms with van der Waals surface area (Å²) in [6.07, 6.45) is 7.56. The molecule has 19 heavy (non-hydrogen) atoms. The van der Waals surface area contributed by atoms with Gasteiger partial charge in [0.05, 0.1) is 6.04 Å². The molecule has 0 bridgehead atoms. The molecule has 1 saturated heterocycles. The van der Waals surface area contributed by atoms with E-state index >= 15 is 0 Å². The Kier molecular flexibility index (Phi) is 5.19. The molecule has 108 valence electrons. The third kappa shape index (κ3) is 3.93. The molecule has 3 atom stereocenters. The SMILES string of the molecule is CNC(=O)CCNC(=O)C1CCC2CCCCC2N1. The second-order valence-electron chi connectivity index (χ2n) is 5.66. The first-order valence-electron chi connectivity index (χ1n) is 7.45. The molecule has 1 saturated carbocycles. The highest BCUT2D eigenvalue weighted by atomic mass is 16.2. The molecule has 3 unspecified atom stereocenters. The van der Waals surface area contributed by atoms with E-state index in [1.807, 2.05) is 0 Å². The van der Waals surface area contributed by atoms with Crippen molar-refractivity contribution in [3.05, 3.63) is 0 Å². The highest BCUT2D eigenvalue weighted by Crippen LogP contribution is 2.32. The molecule has 0 aromatic rings. The normalized spacial score (nSPS) is 30.3. The zero-order valence-corrected chi connectivity index (χ0v) is 11.7. The van der Waals surface area contributed by atoms with E-state index < -0.39 is 0 Å². The van der Waals surface area contributed by atoms with Crippen LogP contribution in [-0.4, -0.2) is 37.5 Å². The largest absolute Gasteiger partial charge is 0.359 e. The molecule has 2 aliphatic rings. The number of carbonyl (C=O) groups is 2. The minimum atomic E-state index is -0.0657. The van der Waals surface area contributed by atoms with Gasteiger partial charge in [0.15, 0.2) is 0 Å². The number of rotatable bonds is 4. The number of fused-ring (bicyclic) bond motifs is 1. The number of nitrogens with one attached hydrogen (secondary N) is 3. The van der Waals surface area contributed by atoms with Crippen LogP contribution in [0.1, 0.15) is 44.9 Å². The molecule has 0 aromatic carbocycles. The maximum Gasteiger partial charge on any atom is 0.237 e. The lowest BCUT2D eigenvalue weighted by Crippen LogP contribution is -2.55. The summed E-state index contributed by atoms with van der Waals surface area (Å²) in [5.74, 6) is 0.779. The first-order valence-corrected chi connectivity index (χ1v) is 7.45. The van der Waals surface area contributed by atoms with Crippen LogP contribution < -0.4 is 16.0 Å². The maximum absolute atomic E-state index is 12.0. The molecule has 5 nitrogen and oxygen atoms in total. The molecule has 5 heteroatoms. The molecule has 1 aliphatic carbocycles. The molecule has 2 rings (SSSR count). The van der Waals surface area contributed by atoms with Gasteiger partial charge in [0, 0.05) is 26.1 Å². The van der Waals surface area contributed by atoms with Crippen molar-refractivity contribution in [3.8, 4) is 0 Å². The van der Waals surface area contributed by atoms with E-state index in [9.17, 15) is 9.59 Å². The van der Waals surface area contributed by atoms with Gasteiger partial charge in [0.25, 0.3) is 0 Å². The maximum atomic E-state index is 12.0. The number of hydrogen-bond donors (Lipinski definition) is 3. The molecule has 2 fully saturated rings. The van der Waals surface area contributed by atoms with Gasteiger partial charge in [-0.1, -0.05) is 12.8 Å². The van der Waals surface area contributed by atoms with Crippen LogP contribution in [-0.2, 0) is 9.59 Å². The van der Waals surface area contributed by atoms with Gasteiger partial charge in [-0.2, -0.15) is 0 Å². The molecule has 3 N–H and O–H groups in total. The number of amides is 2. The van der Waals surface area contributed by atoms with Crippen LogP contribution in [0.15, 0.2) is 0 Å². The van der Waals surface area contributed by atoms with Crippen LogP contribution in [0.3, 0.4) is 0 Å². The molecule has 0 aromatic heterocycles. The Morgan fingerprint density at radius 3 is 2.74 bits per heavy atom. The van der Waals surface area contributed by atoms with E-state index in [0.29, 0.717) is 19.0 Å². The monoisotopic (exact) mass is 267 g/mol. The average molecular weight is 267 g/mol. The fourth-order valence-electron chi connectivity index (χ4n) is 3.25. The van der Waals surface area contributed by atoms with Crippen molar-refractivity contribution in [1.29, 1.82) is 0 Å². The molecule has 1 heterocycles. The Labute approximate surface area is 114 Å². The van der Waals surface area contributed by atoms with E-state index in [4.69, 9.17) is 0 Å². The van der Waals surface area contributed by atoms with Crippen LogP contribution in [0.25, 0.3) is 0 Å². The van der Waals surface area contributed by atoms with Crippen molar-refractivity contribution >= 4 is 11.8 Å². The fourth-order valence-corrected chi connectivity index (χ4v) is 3.25. The van der Waals surface area contributed by atoms with Crippen molar-refractivity contribution < 1.29 is 9.59 Å². The van der Waals surface area contributed by atoms with Crippen LogP contribution in [0.2, 0.25) is 0 Å². The topological polar surface area (TPSA) is 70.2 Å². The summed E-state index contributed by atoms with van der Waals surface area (Å²) in [6, 6.07) is 0.459. The standard InChI is InChI=1S/C14H25N3O2/c1-15-13(18)8-9-16-14(19)12-7-6-10-4-2-3-5-11(10)17-12/h10-12,17H,2-9H2,1H3,(H,15,18)(H,16,19). The van der Waals surface area contributed by atoms with Gasteiger partial charge in [-0.15, -0.1) is 0 Å². The van der Waals surface area contributed by atoms with Crippen molar-refractivity contribution in [2.75, 3.05) is 13.6 Å². The van der Waals surface area contributed by atoms with Gasteiger partial charge in [-0.3, -0.25) is 9.59 Å². The number of carbonyl (C=O) groups excluding carboxylic acids is 2. The first kappa shape index (κ1) is 14.3. The van der Waals surface area contributed by atoms with Crippen LogP contribution in [0.4, 0.5) is 0 Å². The van der Waals surface area contributed by atoms with Crippen molar-refractivity contribution in [2.45, 2.75) is 57.0 Å². The third-order valence-electron chi connectivity index (χ3n) is 4.40. The molecular formula is C14H25N3O2. The predicted molar refractivity (Wildman–Crippen MR) is 73.6 cm³/mol. The van der Waals surface area contributed by atoms with Crippen molar-refractivity contribution in [2.24, 2.45) is 5.92 Å². The molecular weight excluding hydrogens is 242 g/mol. The Morgan fingerprint density at radius 1 is 1.16 bits per heavy atom. The minimum Gasteiger partial charge on any atom is -0.359 e. The zero-order valence-electron chi connectivity index (χ0n) is 11.7. The Bertz CT molecular complexity index is 333. The van der Waals surface area contributed by atoms with Crippen molar-refractivity contribution in [1.82, 2.24) is 16.0 Å². The quantitative estimate of drug-likeness (QED) is 0.696. The van der Waals surface area contributed by atoms with E-state index in [2.05, 4.69) is 16.0 Å². The van der Waals surface area contributed by atoms with Crippen LogP contribution >= 0.6 is 0 Å². The zero-order chi connectivity index (χ0) is 13.7. The van der Waals surface area contributed by atoms with Crippen molar-refractivity contribution in [3.63, 3.8) is 0 Å². The Balaban J connectivity index is 1.72. The van der Waals surface area contributed by atoms with E-state index in [1.54, 1.807) is 7.05 Å². The Morgan fingerprint density at radius 2 is 1.95 bits per heavy atom. The van der Waals surface area contributed by atoms with Gasteiger partial charge >= 0.3 is 0 Å². The van der Waals surface area contributed by atoms with Gasteiger partial charge in [0.1, 0.15) is 0 Å². The molecule has 2 amide bonds. The summed E-state index contributed by atoms with van der Waals surface area (Å²) in [5, 5.41) is 8.90. The number of piperidine rings is 1. The van der Waals surface area contributed by atoms with Gasteiger partial charge in [0.2, 0.25) is 11.8 Å². The summed E-state index contributed by atoms with van der Waals surface area (Å²) < 4.78 is 0. The highest BCUT2D eigenvalue weighted by Gasteiger charge is 2.34. The van der Waals surface area contributed by atoms with E-state index in [1.165, 1.54) is 25.7 Å². The number of hydrogen-bond acceptors (Lipinski definition) is 3. The summed E-state index contributed by atoms with van der Waals surface area (Å²) in [7, 11) is 1.61. The Hall–Kier alpha value is -1.10. The lowest BCUT2D eigenvalue weighted by Gasteiger charge is -2.39. The van der Waals surface area contributed by atoms with E-state index in [0.717, 1.165) is 18.8 Å². The molecule has 0 spiro atoms. The summed E-state index contributed by atoms with van der Waals surface area (Å²) in [4.78, 5) is 23.1. The van der Waals surface area contributed by atoms with Gasteiger partial charge in [-0.25, -0.2) is 0 Å². The van der Waals surface area contributed by atoms with Gasteiger partial charge < -0.3 is 16.0 Å². The lowest BCUT2D eigenvalue weighted by atomic mass is 9.77. The van der Waals surface area contributed by atoms with Gasteiger partial charge in [-0.05, 0) is 31.6 Å². The smallest absolute Gasteiger partial charge is 0.237 e. The summed E-state index contributed by atoms with van der Waals surface area (Å²) in [6.45, 7) is 0.421. The third-order valence-corrected chi connectivity index (χ3v) is 4.40. The van der Waals surface area contributed by atoms with Crippen LogP contribution in [0, 0.1) is 5.92 Å². The van der Waals surface area contributed by atoms with Crippen LogP contribution in [0.5, 0.6) is 0 Å². The lowest BCUT2D eigenvalue weighted by molar-refractivity contribution is -0.124. The molecule has 0 radical (unpaired) electrons. The minimum absolute atomic E-state index is 0.0377. The predicted octanol–water partition coefficient (Wildman–Crippen LogP) is 0.549. The second-order valence-corrected chi connectivity index (χ2v) is 5.66. The fraction of sp³-hybridized carbons (Fsp3) is 0.857. The second kappa shape index (κ2) is 6.89. The molecule has 1 aliphatic heterocycles.